The van der Waals surface area contributed by atoms with Gasteiger partial charge in [-0.05, 0) is 31.3 Å². The minimum atomic E-state index is 0.443. The Balaban J connectivity index is 2.16. The van der Waals surface area contributed by atoms with Crippen LogP contribution < -0.4 is 5.32 Å². The van der Waals surface area contributed by atoms with E-state index in [4.69, 9.17) is 0 Å². The van der Waals surface area contributed by atoms with E-state index >= 15 is 0 Å². The Morgan fingerprint density at radius 3 is 2.83 bits per heavy atom. The van der Waals surface area contributed by atoms with Crippen molar-refractivity contribution in [3.05, 3.63) is 0 Å². The van der Waals surface area contributed by atoms with Crippen LogP contribution in [-0.2, 0) is 4.79 Å². The molecule has 2 heteroatoms. The molecule has 0 aliphatic carbocycles. The lowest BCUT2D eigenvalue weighted by Gasteiger charge is -2.08. The van der Waals surface area contributed by atoms with E-state index in [0.29, 0.717) is 17.6 Å². The number of carbonyl (C=O) groups is 1. The highest BCUT2D eigenvalue weighted by Crippen LogP contribution is 2.15. The van der Waals surface area contributed by atoms with Crippen LogP contribution in [0, 0.1) is 11.8 Å². The Bertz CT molecular complexity index is 148. The summed E-state index contributed by atoms with van der Waals surface area (Å²) >= 11 is 0. The summed E-state index contributed by atoms with van der Waals surface area (Å²) in [5, 5.41) is 3.28. The average Bonchev–Trinajstić information content (AvgIpc) is 2.37. The van der Waals surface area contributed by atoms with Crippen molar-refractivity contribution in [1.29, 1.82) is 0 Å². The molecule has 2 nitrogen and oxygen atoms in total. The van der Waals surface area contributed by atoms with E-state index in [1.54, 1.807) is 0 Å². The number of rotatable bonds is 4. The molecule has 1 fully saturated rings. The van der Waals surface area contributed by atoms with Crippen LogP contribution in [0.4, 0.5) is 0 Å². The predicted octanol–water partition coefficient (Wildman–Crippen LogP) is 1.60. The van der Waals surface area contributed by atoms with Gasteiger partial charge in [-0.2, -0.15) is 0 Å². The smallest absolute Gasteiger partial charge is 0.133 e. The van der Waals surface area contributed by atoms with Crippen molar-refractivity contribution in [3.8, 4) is 0 Å². The first kappa shape index (κ1) is 9.72. The first-order chi connectivity index (χ1) is 5.68. The molecule has 12 heavy (non-hydrogen) atoms. The summed E-state index contributed by atoms with van der Waals surface area (Å²) in [6.07, 6.45) is 2.74. The third-order valence-corrected chi connectivity index (χ3v) is 2.31. The molecular weight excluding hydrogens is 150 g/mol. The monoisotopic (exact) mass is 169 g/mol. The molecule has 1 atom stereocenters. The Labute approximate surface area is 74.7 Å². The van der Waals surface area contributed by atoms with Gasteiger partial charge in [0.25, 0.3) is 0 Å². The first-order valence-corrected chi connectivity index (χ1v) is 4.91. The summed E-state index contributed by atoms with van der Waals surface area (Å²) < 4.78 is 0. The summed E-state index contributed by atoms with van der Waals surface area (Å²) in [6.45, 7) is 6.35. The molecule has 1 heterocycles. The molecule has 0 saturated carbocycles. The van der Waals surface area contributed by atoms with Crippen molar-refractivity contribution in [3.63, 3.8) is 0 Å². The molecule has 0 radical (unpaired) electrons. The van der Waals surface area contributed by atoms with Gasteiger partial charge in [-0.1, -0.05) is 13.8 Å². The third kappa shape index (κ3) is 3.35. The van der Waals surface area contributed by atoms with Gasteiger partial charge in [0.05, 0.1) is 0 Å². The quantitative estimate of drug-likeness (QED) is 0.692. The maximum absolute atomic E-state index is 11.4. The fourth-order valence-electron chi connectivity index (χ4n) is 1.75. The van der Waals surface area contributed by atoms with E-state index in [1.807, 2.05) is 0 Å². The molecule has 0 amide bonds. The van der Waals surface area contributed by atoms with Gasteiger partial charge in [-0.15, -0.1) is 0 Å². The Kier molecular flexibility index (Phi) is 3.73. The molecule has 0 bridgehead atoms. The van der Waals surface area contributed by atoms with Crippen LogP contribution >= 0.6 is 0 Å². The van der Waals surface area contributed by atoms with Crippen molar-refractivity contribution in [2.45, 2.75) is 33.1 Å². The normalized spacial score (nSPS) is 23.4. The lowest BCUT2D eigenvalue weighted by Crippen LogP contribution is -2.13. The SMILES string of the molecule is CC(C)CC(=O)CC1CCNC1. The number of ketones is 1. The minimum Gasteiger partial charge on any atom is -0.316 e. The molecule has 1 unspecified atom stereocenters. The molecular formula is C10H19NO. The lowest BCUT2D eigenvalue weighted by molar-refractivity contribution is -0.120. The van der Waals surface area contributed by atoms with Crippen LogP contribution in [0.1, 0.15) is 33.1 Å². The maximum atomic E-state index is 11.4. The van der Waals surface area contributed by atoms with Crippen LogP contribution in [0.25, 0.3) is 0 Å². The molecule has 1 aliphatic heterocycles. The molecule has 70 valence electrons. The van der Waals surface area contributed by atoms with Gasteiger partial charge < -0.3 is 5.32 Å². The number of Topliss-reactive ketones (excluding diaryl/α,β-unsaturated/α-hetero) is 1. The van der Waals surface area contributed by atoms with Crippen molar-refractivity contribution < 1.29 is 4.79 Å². The van der Waals surface area contributed by atoms with Crippen molar-refractivity contribution in [2.75, 3.05) is 13.1 Å². The van der Waals surface area contributed by atoms with E-state index in [1.165, 1.54) is 6.42 Å². The molecule has 0 aromatic heterocycles. The third-order valence-electron chi connectivity index (χ3n) is 2.31. The van der Waals surface area contributed by atoms with Gasteiger partial charge >= 0.3 is 0 Å². The van der Waals surface area contributed by atoms with E-state index in [2.05, 4.69) is 19.2 Å². The number of carbonyl (C=O) groups excluding carboxylic acids is 1. The van der Waals surface area contributed by atoms with Crippen LogP contribution in [-0.4, -0.2) is 18.9 Å². The van der Waals surface area contributed by atoms with E-state index in [9.17, 15) is 4.79 Å². The second-order valence-corrected chi connectivity index (χ2v) is 4.20. The van der Waals surface area contributed by atoms with Crippen LogP contribution in [0.15, 0.2) is 0 Å². The molecule has 0 spiro atoms. The summed E-state index contributed by atoms with van der Waals surface area (Å²) in [4.78, 5) is 11.4. The minimum absolute atomic E-state index is 0.443. The molecule has 1 rings (SSSR count). The fraction of sp³-hybridized carbons (Fsp3) is 0.900. The van der Waals surface area contributed by atoms with Crippen molar-refractivity contribution in [2.24, 2.45) is 11.8 Å². The second-order valence-electron chi connectivity index (χ2n) is 4.20. The lowest BCUT2D eigenvalue weighted by atomic mass is 9.97. The average molecular weight is 169 g/mol. The molecule has 1 aliphatic rings. The van der Waals surface area contributed by atoms with Crippen molar-refractivity contribution in [1.82, 2.24) is 5.32 Å². The summed E-state index contributed by atoms with van der Waals surface area (Å²) in [5.74, 6) is 1.59. The van der Waals surface area contributed by atoms with Crippen molar-refractivity contribution >= 4 is 5.78 Å². The maximum Gasteiger partial charge on any atom is 0.133 e. The van der Waals surface area contributed by atoms with Gasteiger partial charge in [0.1, 0.15) is 5.78 Å². The second kappa shape index (κ2) is 4.61. The molecule has 0 aromatic rings. The van der Waals surface area contributed by atoms with Gasteiger partial charge in [0.2, 0.25) is 0 Å². The highest BCUT2D eigenvalue weighted by molar-refractivity contribution is 5.78. The van der Waals surface area contributed by atoms with Gasteiger partial charge in [0.15, 0.2) is 0 Å². The van der Waals surface area contributed by atoms with E-state index < -0.39 is 0 Å². The largest absolute Gasteiger partial charge is 0.316 e. The fourth-order valence-corrected chi connectivity index (χ4v) is 1.75. The summed E-state index contributed by atoms with van der Waals surface area (Å²) in [6, 6.07) is 0. The topological polar surface area (TPSA) is 29.1 Å². The van der Waals surface area contributed by atoms with Gasteiger partial charge in [-0.3, -0.25) is 4.79 Å². The van der Waals surface area contributed by atoms with Crippen LogP contribution in [0.2, 0.25) is 0 Å². The Hall–Kier alpha value is -0.370. The van der Waals surface area contributed by atoms with Crippen LogP contribution in [0.5, 0.6) is 0 Å². The molecule has 1 saturated heterocycles. The Morgan fingerprint density at radius 1 is 1.58 bits per heavy atom. The van der Waals surface area contributed by atoms with E-state index in [0.717, 1.165) is 25.9 Å². The Morgan fingerprint density at radius 2 is 2.33 bits per heavy atom. The highest BCUT2D eigenvalue weighted by Gasteiger charge is 2.18. The van der Waals surface area contributed by atoms with Gasteiger partial charge in [-0.25, -0.2) is 0 Å². The van der Waals surface area contributed by atoms with Crippen LogP contribution in [0.3, 0.4) is 0 Å². The molecule has 0 aromatic carbocycles. The first-order valence-electron chi connectivity index (χ1n) is 4.91. The zero-order valence-electron chi connectivity index (χ0n) is 8.10. The zero-order chi connectivity index (χ0) is 8.97. The standard InChI is InChI=1S/C10H19NO/c1-8(2)5-10(12)6-9-3-4-11-7-9/h8-9,11H,3-7H2,1-2H3. The number of hydrogen-bond acceptors (Lipinski definition) is 2. The van der Waals surface area contributed by atoms with Gasteiger partial charge in [0, 0.05) is 12.8 Å². The zero-order valence-corrected chi connectivity index (χ0v) is 8.10. The predicted molar refractivity (Wildman–Crippen MR) is 50.1 cm³/mol. The highest BCUT2D eigenvalue weighted by atomic mass is 16.1. The van der Waals surface area contributed by atoms with E-state index in [-0.39, 0.29) is 0 Å². The summed E-state index contributed by atoms with van der Waals surface area (Å²) in [5.41, 5.74) is 0. The number of nitrogens with one attached hydrogen (secondary N) is 1. The summed E-state index contributed by atoms with van der Waals surface area (Å²) in [7, 11) is 0. The number of hydrogen-bond donors (Lipinski definition) is 1. The molecule has 1 N–H and O–H groups in total.